The zero-order chi connectivity index (χ0) is 15.7. The molecule has 1 amide bonds. The van der Waals surface area contributed by atoms with E-state index in [0.717, 1.165) is 12.8 Å². The molecule has 1 aliphatic carbocycles. The van der Waals surface area contributed by atoms with E-state index in [1.807, 2.05) is 0 Å². The Morgan fingerprint density at radius 3 is 2.45 bits per heavy atom. The van der Waals surface area contributed by atoms with Crippen molar-refractivity contribution in [2.24, 2.45) is 0 Å². The summed E-state index contributed by atoms with van der Waals surface area (Å²) in [5.74, 6) is -1.60. The minimum atomic E-state index is -1.04. The van der Waals surface area contributed by atoms with Crippen molar-refractivity contribution in [3.8, 4) is 0 Å². The van der Waals surface area contributed by atoms with Crippen LogP contribution in [0.1, 0.15) is 31.2 Å². The van der Waals surface area contributed by atoms with Crippen LogP contribution in [0.3, 0.4) is 0 Å². The summed E-state index contributed by atoms with van der Waals surface area (Å²) >= 11 is 0. The Hall–Kier alpha value is -1.95. The quantitative estimate of drug-likeness (QED) is 0.903. The highest BCUT2D eigenvalue weighted by Gasteiger charge is 2.41. The minimum Gasteiger partial charge on any atom is -0.479 e. The van der Waals surface area contributed by atoms with Crippen LogP contribution in [0.25, 0.3) is 0 Å². The number of ether oxygens (including phenoxy) is 1. The molecule has 1 aliphatic heterocycles. The number of benzene rings is 1. The molecule has 0 aromatic heterocycles. The Morgan fingerprint density at radius 1 is 1.18 bits per heavy atom. The summed E-state index contributed by atoms with van der Waals surface area (Å²) < 4.78 is 19.1. The smallest absolute Gasteiger partial charge is 0.332 e. The standard InChI is InChI=1S/C16H18FNO4/c17-12-4-2-1-3-10(12)9-18(11-5-6-11)15(19)13-7-8-14(22-13)16(20)21/h1-4,11,13-14H,5-9H2,(H,20,21)/t13-,14+/m0/s1. The highest BCUT2D eigenvalue weighted by Crippen LogP contribution is 2.32. The average molecular weight is 307 g/mol. The number of carbonyl (C=O) groups is 2. The predicted octanol–water partition coefficient (Wildman–Crippen LogP) is 1.95. The van der Waals surface area contributed by atoms with E-state index in [-0.39, 0.29) is 24.3 Å². The van der Waals surface area contributed by atoms with Gasteiger partial charge in [0.25, 0.3) is 5.91 Å². The lowest BCUT2D eigenvalue weighted by Gasteiger charge is -2.25. The van der Waals surface area contributed by atoms with Gasteiger partial charge in [0.2, 0.25) is 0 Å². The molecule has 5 nitrogen and oxygen atoms in total. The van der Waals surface area contributed by atoms with Crippen molar-refractivity contribution in [1.29, 1.82) is 0 Å². The topological polar surface area (TPSA) is 66.8 Å². The van der Waals surface area contributed by atoms with E-state index in [2.05, 4.69) is 0 Å². The summed E-state index contributed by atoms with van der Waals surface area (Å²) in [6.45, 7) is 0.202. The maximum atomic E-state index is 13.8. The molecule has 0 unspecified atom stereocenters. The Labute approximate surface area is 127 Å². The third-order valence-corrected chi connectivity index (χ3v) is 4.14. The molecule has 1 aromatic carbocycles. The maximum absolute atomic E-state index is 13.8. The van der Waals surface area contributed by atoms with Gasteiger partial charge in [0.15, 0.2) is 6.10 Å². The zero-order valence-electron chi connectivity index (χ0n) is 12.1. The van der Waals surface area contributed by atoms with Gasteiger partial charge in [-0.3, -0.25) is 4.79 Å². The number of carbonyl (C=O) groups excluding carboxylic acids is 1. The van der Waals surface area contributed by atoms with Crippen LogP contribution >= 0.6 is 0 Å². The molecule has 0 radical (unpaired) electrons. The van der Waals surface area contributed by atoms with Crippen LogP contribution in [0.15, 0.2) is 24.3 Å². The largest absolute Gasteiger partial charge is 0.479 e. The number of rotatable bonds is 5. The number of carboxylic acids is 1. The molecule has 3 rings (SSSR count). The van der Waals surface area contributed by atoms with E-state index in [1.165, 1.54) is 6.07 Å². The molecule has 2 atom stereocenters. The number of carboxylic acid groups (broad SMARTS) is 1. The Balaban J connectivity index is 1.70. The van der Waals surface area contributed by atoms with Crippen molar-refractivity contribution in [1.82, 2.24) is 4.90 Å². The first-order valence-corrected chi connectivity index (χ1v) is 7.48. The van der Waals surface area contributed by atoms with Crippen molar-refractivity contribution < 1.29 is 23.8 Å². The number of hydrogen-bond acceptors (Lipinski definition) is 3. The van der Waals surface area contributed by atoms with Gasteiger partial charge < -0.3 is 14.7 Å². The molecule has 1 saturated heterocycles. The lowest BCUT2D eigenvalue weighted by atomic mass is 10.1. The Bertz CT molecular complexity index is 587. The number of nitrogens with zero attached hydrogens (tertiary/aromatic N) is 1. The summed E-state index contributed by atoms with van der Waals surface area (Å²) in [6, 6.07) is 6.49. The third kappa shape index (κ3) is 3.11. The molecule has 1 N–H and O–H groups in total. The number of hydrogen-bond donors (Lipinski definition) is 1. The summed E-state index contributed by atoms with van der Waals surface area (Å²) in [4.78, 5) is 25.2. The van der Waals surface area contributed by atoms with Crippen LogP contribution in [0.2, 0.25) is 0 Å². The molecule has 1 saturated carbocycles. The monoisotopic (exact) mass is 307 g/mol. The first kappa shape index (κ1) is 15.0. The van der Waals surface area contributed by atoms with Crippen LogP contribution in [-0.4, -0.2) is 40.1 Å². The van der Waals surface area contributed by atoms with Crippen LogP contribution < -0.4 is 0 Å². The van der Waals surface area contributed by atoms with Gasteiger partial charge in [-0.15, -0.1) is 0 Å². The van der Waals surface area contributed by atoms with Gasteiger partial charge in [-0.05, 0) is 31.7 Å². The molecule has 2 fully saturated rings. The predicted molar refractivity (Wildman–Crippen MR) is 75.5 cm³/mol. The average Bonchev–Trinajstić information content (AvgIpc) is 3.21. The highest BCUT2D eigenvalue weighted by atomic mass is 19.1. The van der Waals surface area contributed by atoms with Gasteiger partial charge in [-0.2, -0.15) is 0 Å². The van der Waals surface area contributed by atoms with Crippen LogP contribution in [-0.2, 0) is 20.9 Å². The lowest BCUT2D eigenvalue weighted by Crippen LogP contribution is -2.40. The van der Waals surface area contributed by atoms with Gasteiger partial charge in [0.05, 0.1) is 0 Å². The molecule has 22 heavy (non-hydrogen) atoms. The highest BCUT2D eigenvalue weighted by molar-refractivity contribution is 5.83. The van der Waals surface area contributed by atoms with E-state index in [1.54, 1.807) is 23.1 Å². The zero-order valence-corrected chi connectivity index (χ0v) is 12.1. The van der Waals surface area contributed by atoms with Gasteiger partial charge >= 0.3 is 5.97 Å². The number of halogens is 1. The van der Waals surface area contributed by atoms with Gasteiger partial charge in [-0.1, -0.05) is 18.2 Å². The number of amides is 1. The van der Waals surface area contributed by atoms with Crippen molar-refractivity contribution in [2.45, 2.75) is 50.5 Å². The minimum absolute atomic E-state index is 0.111. The molecule has 0 spiro atoms. The summed E-state index contributed by atoms with van der Waals surface area (Å²) in [5.41, 5.74) is 0.468. The normalized spacial score (nSPS) is 24.2. The van der Waals surface area contributed by atoms with E-state index in [0.29, 0.717) is 18.4 Å². The van der Waals surface area contributed by atoms with Crippen molar-refractivity contribution in [3.05, 3.63) is 35.6 Å². The summed E-state index contributed by atoms with van der Waals surface area (Å²) in [6.07, 6.45) is 0.891. The Kier molecular flexibility index (Phi) is 4.11. The third-order valence-electron chi connectivity index (χ3n) is 4.14. The lowest BCUT2D eigenvalue weighted by molar-refractivity contribution is -0.155. The number of aliphatic carboxylic acids is 1. The second-order valence-corrected chi connectivity index (χ2v) is 5.82. The van der Waals surface area contributed by atoms with Gasteiger partial charge in [0.1, 0.15) is 11.9 Å². The molecule has 118 valence electrons. The fraction of sp³-hybridized carbons (Fsp3) is 0.500. The van der Waals surface area contributed by atoms with Crippen molar-refractivity contribution in [2.75, 3.05) is 0 Å². The molecular formula is C16H18FNO4. The van der Waals surface area contributed by atoms with E-state index in [9.17, 15) is 14.0 Å². The van der Waals surface area contributed by atoms with Gasteiger partial charge in [0, 0.05) is 18.2 Å². The maximum Gasteiger partial charge on any atom is 0.332 e. The van der Waals surface area contributed by atoms with Gasteiger partial charge in [-0.25, -0.2) is 9.18 Å². The van der Waals surface area contributed by atoms with E-state index >= 15 is 0 Å². The van der Waals surface area contributed by atoms with Crippen LogP contribution in [0, 0.1) is 5.82 Å². The molecule has 0 bridgehead atoms. The molecule has 2 aliphatic rings. The fourth-order valence-corrected chi connectivity index (χ4v) is 2.77. The molecule has 1 aromatic rings. The van der Waals surface area contributed by atoms with Crippen LogP contribution in [0.5, 0.6) is 0 Å². The first-order chi connectivity index (χ1) is 10.6. The summed E-state index contributed by atoms with van der Waals surface area (Å²) in [7, 11) is 0. The Morgan fingerprint density at radius 2 is 1.86 bits per heavy atom. The second-order valence-electron chi connectivity index (χ2n) is 5.82. The fourth-order valence-electron chi connectivity index (χ4n) is 2.77. The molecular weight excluding hydrogens is 289 g/mol. The second kappa shape index (κ2) is 6.04. The SMILES string of the molecule is O=C(O)[C@H]1CC[C@@H](C(=O)N(Cc2ccccc2F)C2CC2)O1. The van der Waals surface area contributed by atoms with Crippen LogP contribution in [0.4, 0.5) is 4.39 Å². The summed E-state index contributed by atoms with van der Waals surface area (Å²) in [5, 5.41) is 8.95. The first-order valence-electron chi connectivity index (χ1n) is 7.48. The molecule has 1 heterocycles. The molecule has 6 heteroatoms. The van der Waals surface area contributed by atoms with E-state index in [4.69, 9.17) is 9.84 Å². The van der Waals surface area contributed by atoms with E-state index < -0.39 is 18.2 Å². The van der Waals surface area contributed by atoms with Crippen molar-refractivity contribution >= 4 is 11.9 Å². The van der Waals surface area contributed by atoms with Crippen molar-refractivity contribution in [3.63, 3.8) is 0 Å².